The van der Waals surface area contributed by atoms with Crippen LogP contribution in [0, 0.1) is 0 Å². The molecule has 17 heavy (non-hydrogen) atoms. The average molecular weight is 233 g/mol. The van der Waals surface area contributed by atoms with Crippen LogP contribution in [0.1, 0.15) is 31.5 Å². The summed E-state index contributed by atoms with van der Waals surface area (Å²) < 4.78 is 7.10. The van der Waals surface area contributed by atoms with Crippen LogP contribution in [0.15, 0.2) is 17.0 Å². The van der Waals surface area contributed by atoms with E-state index in [0.29, 0.717) is 11.9 Å². The molecule has 6 heteroatoms. The number of anilines is 1. The van der Waals surface area contributed by atoms with Gasteiger partial charge in [-0.25, -0.2) is 9.55 Å². The second-order valence-corrected chi connectivity index (χ2v) is 4.35. The Morgan fingerprint density at radius 3 is 3.06 bits per heavy atom. The molecule has 0 spiro atoms. The summed E-state index contributed by atoms with van der Waals surface area (Å²) in [6.07, 6.45) is 5.84. The number of nitrogens with zero attached hydrogens (tertiary/aromatic N) is 5. The second-order valence-electron chi connectivity index (χ2n) is 4.35. The van der Waals surface area contributed by atoms with Crippen LogP contribution in [-0.2, 0) is 0 Å². The lowest BCUT2D eigenvalue weighted by molar-refractivity contribution is 0.396. The van der Waals surface area contributed by atoms with E-state index in [0.717, 1.165) is 18.2 Å². The van der Waals surface area contributed by atoms with E-state index in [1.165, 1.54) is 12.8 Å². The molecule has 0 atom stereocenters. The van der Waals surface area contributed by atoms with Gasteiger partial charge in [-0.2, -0.15) is 4.98 Å². The molecular formula is C11H15N5O. The van der Waals surface area contributed by atoms with Crippen molar-refractivity contribution in [2.24, 2.45) is 0 Å². The molecule has 90 valence electrons. The molecular weight excluding hydrogens is 218 g/mol. The molecule has 1 aliphatic carbocycles. The molecule has 3 rings (SSSR count). The fraction of sp³-hybridized carbons (Fsp3) is 0.545. The molecule has 6 nitrogen and oxygen atoms in total. The average Bonchev–Trinajstić information content (AvgIpc) is 2.91. The highest BCUT2D eigenvalue weighted by atomic mass is 16.5. The van der Waals surface area contributed by atoms with Crippen LogP contribution in [0.3, 0.4) is 0 Å². The molecule has 0 unspecified atom stereocenters. The van der Waals surface area contributed by atoms with Gasteiger partial charge in [0.2, 0.25) is 0 Å². The van der Waals surface area contributed by atoms with Gasteiger partial charge in [0.05, 0.1) is 6.20 Å². The summed E-state index contributed by atoms with van der Waals surface area (Å²) in [7, 11) is 2.01. The van der Waals surface area contributed by atoms with Crippen LogP contribution in [0.25, 0.3) is 6.01 Å². The molecule has 0 aliphatic heterocycles. The molecule has 0 aromatic carbocycles. The Morgan fingerprint density at radius 1 is 1.53 bits per heavy atom. The van der Waals surface area contributed by atoms with Crippen molar-refractivity contribution in [1.82, 2.24) is 19.7 Å². The van der Waals surface area contributed by atoms with E-state index in [4.69, 9.17) is 4.52 Å². The van der Waals surface area contributed by atoms with Crippen LogP contribution < -0.4 is 4.90 Å². The van der Waals surface area contributed by atoms with E-state index in [-0.39, 0.29) is 0 Å². The van der Waals surface area contributed by atoms with Crippen LogP contribution in [0.2, 0.25) is 0 Å². The summed E-state index contributed by atoms with van der Waals surface area (Å²) in [5, 5.41) is 4.01. The van der Waals surface area contributed by atoms with Crippen molar-refractivity contribution in [1.29, 1.82) is 0 Å². The highest BCUT2D eigenvalue weighted by molar-refractivity contribution is 5.40. The van der Waals surface area contributed by atoms with Crippen molar-refractivity contribution in [3.05, 3.63) is 18.3 Å². The summed E-state index contributed by atoms with van der Waals surface area (Å²) in [5.41, 5.74) is 0. The highest BCUT2D eigenvalue weighted by Crippen LogP contribution is 2.38. The van der Waals surface area contributed by atoms with E-state index in [1.54, 1.807) is 12.5 Å². The lowest BCUT2D eigenvalue weighted by atomic mass is 10.4. The largest absolute Gasteiger partial charge is 0.360 e. The van der Waals surface area contributed by atoms with Crippen LogP contribution in [0.4, 0.5) is 5.82 Å². The van der Waals surface area contributed by atoms with Gasteiger partial charge < -0.3 is 9.42 Å². The van der Waals surface area contributed by atoms with E-state index in [2.05, 4.69) is 26.9 Å². The van der Waals surface area contributed by atoms with Gasteiger partial charge in [0.1, 0.15) is 12.1 Å². The van der Waals surface area contributed by atoms with Crippen LogP contribution in [0.5, 0.6) is 0 Å². The Morgan fingerprint density at radius 2 is 2.35 bits per heavy atom. The molecule has 0 amide bonds. The first kappa shape index (κ1) is 10.3. The summed E-state index contributed by atoms with van der Waals surface area (Å²) in [6.45, 7) is 2.98. The Balaban J connectivity index is 1.93. The minimum Gasteiger partial charge on any atom is -0.360 e. The maximum Gasteiger partial charge on any atom is 0.335 e. The molecule has 0 radical (unpaired) electrons. The van der Waals surface area contributed by atoms with Crippen molar-refractivity contribution in [3.63, 3.8) is 0 Å². The topological polar surface area (TPSA) is 60.0 Å². The standard InChI is InChI=1S/C11H15N5O/c1-3-15(2)9-6-12-7-16(9)11-13-10(14-17-11)8-4-5-8/h6-8H,3-5H2,1-2H3. The maximum absolute atomic E-state index is 5.28. The number of hydrogen-bond acceptors (Lipinski definition) is 5. The maximum atomic E-state index is 5.28. The predicted molar refractivity (Wildman–Crippen MR) is 62.3 cm³/mol. The lowest BCUT2D eigenvalue weighted by Gasteiger charge is -2.15. The Bertz CT molecular complexity index is 513. The third kappa shape index (κ3) is 1.79. The van der Waals surface area contributed by atoms with Crippen molar-refractivity contribution >= 4 is 5.82 Å². The van der Waals surface area contributed by atoms with Crippen LogP contribution in [-0.4, -0.2) is 33.3 Å². The van der Waals surface area contributed by atoms with Gasteiger partial charge in [-0.1, -0.05) is 5.16 Å². The summed E-state index contributed by atoms with van der Waals surface area (Å²) in [6, 6.07) is 0.500. The van der Waals surface area contributed by atoms with Gasteiger partial charge in [-0.05, 0) is 19.8 Å². The van der Waals surface area contributed by atoms with Crippen molar-refractivity contribution in [2.45, 2.75) is 25.7 Å². The summed E-state index contributed by atoms with van der Waals surface area (Å²) >= 11 is 0. The number of rotatable bonds is 4. The normalized spacial score (nSPS) is 15.2. The monoisotopic (exact) mass is 233 g/mol. The second kappa shape index (κ2) is 3.87. The first-order valence-electron chi connectivity index (χ1n) is 5.87. The van der Waals surface area contributed by atoms with Gasteiger partial charge in [-0.3, -0.25) is 0 Å². The first-order chi connectivity index (χ1) is 8.29. The molecule has 0 saturated heterocycles. The fourth-order valence-corrected chi connectivity index (χ4v) is 1.71. The SMILES string of the molecule is CCN(C)c1cncn1-c1nc(C2CC2)no1. The van der Waals surface area contributed by atoms with Crippen LogP contribution >= 0.6 is 0 Å². The smallest absolute Gasteiger partial charge is 0.335 e. The first-order valence-corrected chi connectivity index (χ1v) is 5.87. The summed E-state index contributed by atoms with van der Waals surface area (Å²) in [5.74, 6) is 2.28. The highest BCUT2D eigenvalue weighted by Gasteiger charge is 2.29. The van der Waals surface area contributed by atoms with E-state index >= 15 is 0 Å². The van der Waals surface area contributed by atoms with Gasteiger partial charge in [-0.15, -0.1) is 0 Å². The Labute approximate surface area is 99.3 Å². The lowest BCUT2D eigenvalue weighted by Crippen LogP contribution is -2.18. The van der Waals surface area contributed by atoms with Gasteiger partial charge in [0.25, 0.3) is 0 Å². The Hall–Kier alpha value is -1.85. The third-order valence-corrected chi connectivity index (χ3v) is 3.06. The molecule has 2 aromatic heterocycles. The van der Waals surface area contributed by atoms with Gasteiger partial charge in [0.15, 0.2) is 5.82 Å². The quantitative estimate of drug-likeness (QED) is 0.802. The van der Waals surface area contributed by atoms with E-state index in [9.17, 15) is 0 Å². The number of hydrogen-bond donors (Lipinski definition) is 0. The molecule has 2 heterocycles. The van der Waals surface area contributed by atoms with Crippen molar-refractivity contribution in [3.8, 4) is 6.01 Å². The van der Waals surface area contributed by atoms with E-state index < -0.39 is 0 Å². The molecule has 0 N–H and O–H groups in total. The van der Waals surface area contributed by atoms with E-state index in [1.807, 2.05) is 11.6 Å². The minimum atomic E-state index is 0.500. The summed E-state index contributed by atoms with van der Waals surface area (Å²) in [4.78, 5) is 10.6. The van der Waals surface area contributed by atoms with Gasteiger partial charge >= 0.3 is 6.01 Å². The van der Waals surface area contributed by atoms with Crippen molar-refractivity contribution < 1.29 is 4.52 Å². The molecule has 1 saturated carbocycles. The zero-order valence-electron chi connectivity index (χ0n) is 10.00. The zero-order chi connectivity index (χ0) is 11.8. The third-order valence-electron chi connectivity index (χ3n) is 3.06. The van der Waals surface area contributed by atoms with Gasteiger partial charge in [0, 0.05) is 19.5 Å². The Kier molecular flexibility index (Phi) is 2.35. The number of imidazole rings is 1. The molecule has 1 aliphatic rings. The fourth-order valence-electron chi connectivity index (χ4n) is 1.71. The molecule has 0 bridgehead atoms. The predicted octanol–water partition coefficient (Wildman–Crippen LogP) is 1.59. The number of aromatic nitrogens is 4. The van der Waals surface area contributed by atoms with Crippen molar-refractivity contribution in [2.75, 3.05) is 18.5 Å². The zero-order valence-corrected chi connectivity index (χ0v) is 10.00. The molecule has 1 fully saturated rings. The molecule has 2 aromatic rings. The minimum absolute atomic E-state index is 0.500.